The molecule has 1 atom stereocenters. The SMILES string of the molecule is CC(=O)c1ccc(OCCOCCC(C)(C)N(C)P(=O)(Cl)N(C)CCSSc2ccccn2)cc1. The second kappa shape index (κ2) is 14.6. The van der Waals surface area contributed by atoms with Crippen molar-refractivity contribution in [2.75, 3.05) is 46.2 Å². The highest BCUT2D eigenvalue weighted by atomic mass is 35.7. The Morgan fingerprint density at radius 2 is 1.83 bits per heavy atom. The number of pyridine rings is 1. The Hall–Kier alpha value is -1.06. The lowest BCUT2D eigenvalue weighted by molar-refractivity contribution is 0.0752. The van der Waals surface area contributed by atoms with Gasteiger partial charge in [0.2, 0.25) is 0 Å². The molecular formula is C24H35ClN3O4PS2. The third-order valence-corrected chi connectivity index (χ3v) is 11.6. The van der Waals surface area contributed by atoms with E-state index in [1.807, 2.05) is 32.0 Å². The van der Waals surface area contributed by atoms with E-state index in [-0.39, 0.29) is 5.78 Å². The normalized spacial score (nSPS) is 13.7. The van der Waals surface area contributed by atoms with Crippen LogP contribution in [-0.4, -0.2) is 71.9 Å². The first kappa shape index (κ1) is 30.2. The van der Waals surface area contributed by atoms with Crippen LogP contribution >= 0.6 is 39.6 Å². The van der Waals surface area contributed by atoms with Crippen molar-refractivity contribution in [2.45, 2.75) is 37.8 Å². The van der Waals surface area contributed by atoms with Crippen molar-refractivity contribution >= 4 is 45.4 Å². The molecule has 11 heteroatoms. The smallest absolute Gasteiger partial charge is 0.304 e. The summed E-state index contributed by atoms with van der Waals surface area (Å²) >= 11 is 6.58. The first-order chi connectivity index (χ1) is 16.5. The number of aromatic nitrogens is 1. The lowest BCUT2D eigenvalue weighted by atomic mass is 10.0. The lowest BCUT2D eigenvalue weighted by Gasteiger charge is -2.41. The fraction of sp³-hybridized carbons (Fsp3) is 0.500. The molecule has 2 aromatic rings. The number of Topliss-reactive ketones (excluding diaryl/α,β-unsaturated/α-hetero) is 1. The molecule has 1 heterocycles. The Morgan fingerprint density at radius 1 is 1.11 bits per heavy atom. The van der Waals surface area contributed by atoms with Gasteiger partial charge in [-0.2, -0.15) is 0 Å². The number of ketones is 1. The number of halogens is 1. The largest absolute Gasteiger partial charge is 0.491 e. The quantitative estimate of drug-likeness (QED) is 0.0991. The Labute approximate surface area is 222 Å². The zero-order chi connectivity index (χ0) is 25.9. The van der Waals surface area contributed by atoms with E-state index in [0.717, 1.165) is 10.8 Å². The molecule has 7 nitrogen and oxygen atoms in total. The van der Waals surface area contributed by atoms with Crippen LogP contribution in [0.4, 0.5) is 0 Å². The van der Waals surface area contributed by atoms with Crippen LogP contribution in [0.3, 0.4) is 0 Å². The zero-order valence-corrected chi connectivity index (χ0v) is 24.3. The maximum atomic E-state index is 13.4. The highest BCUT2D eigenvalue weighted by Crippen LogP contribution is 2.59. The Morgan fingerprint density at radius 3 is 2.46 bits per heavy atom. The van der Waals surface area contributed by atoms with Crippen LogP contribution < -0.4 is 4.74 Å². The Bertz CT molecular complexity index is 967. The van der Waals surface area contributed by atoms with Crippen molar-refractivity contribution in [1.29, 1.82) is 0 Å². The highest BCUT2D eigenvalue weighted by molar-refractivity contribution is 8.76. The predicted molar refractivity (Wildman–Crippen MR) is 148 cm³/mol. The van der Waals surface area contributed by atoms with Gasteiger partial charge in [-0.05, 0) is 99.7 Å². The van der Waals surface area contributed by atoms with Gasteiger partial charge in [0.05, 0.1) is 6.61 Å². The van der Waals surface area contributed by atoms with Crippen LogP contribution in [0.2, 0.25) is 0 Å². The van der Waals surface area contributed by atoms with Crippen molar-refractivity contribution in [2.24, 2.45) is 0 Å². The van der Waals surface area contributed by atoms with Gasteiger partial charge in [-0.1, -0.05) is 16.9 Å². The van der Waals surface area contributed by atoms with E-state index in [0.29, 0.717) is 44.1 Å². The topological polar surface area (TPSA) is 72.0 Å². The number of hydrogen-bond acceptors (Lipinski definition) is 7. The van der Waals surface area contributed by atoms with E-state index in [4.69, 9.17) is 20.7 Å². The van der Waals surface area contributed by atoms with Crippen LogP contribution in [0.15, 0.2) is 53.7 Å². The predicted octanol–water partition coefficient (Wildman–Crippen LogP) is 6.50. The van der Waals surface area contributed by atoms with Gasteiger partial charge in [-0.25, -0.2) is 14.3 Å². The summed E-state index contributed by atoms with van der Waals surface area (Å²) in [6.45, 7) is 4.24. The number of carbonyl (C=O) groups excluding carboxylic acids is 1. The molecule has 0 aliphatic heterocycles. The van der Waals surface area contributed by atoms with Crippen molar-refractivity contribution in [3.8, 4) is 5.75 Å². The van der Waals surface area contributed by atoms with E-state index >= 15 is 0 Å². The summed E-state index contributed by atoms with van der Waals surface area (Å²) in [6.07, 6.45) is 2.43. The van der Waals surface area contributed by atoms with Gasteiger partial charge in [0.15, 0.2) is 5.78 Å². The monoisotopic (exact) mass is 559 g/mol. The molecule has 0 saturated carbocycles. The van der Waals surface area contributed by atoms with Gasteiger partial charge >= 0.3 is 6.80 Å². The molecule has 0 bridgehead atoms. The fourth-order valence-electron chi connectivity index (χ4n) is 2.94. The molecule has 2 rings (SSSR count). The molecule has 1 aromatic carbocycles. The van der Waals surface area contributed by atoms with Crippen LogP contribution in [0.25, 0.3) is 0 Å². The number of rotatable bonds is 16. The summed E-state index contributed by atoms with van der Waals surface area (Å²) in [6, 6.07) is 12.9. The van der Waals surface area contributed by atoms with Gasteiger partial charge in [-0.15, -0.1) is 0 Å². The summed E-state index contributed by atoms with van der Waals surface area (Å²) < 4.78 is 28.3. The number of carbonyl (C=O) groups is 1. The van der Waals surface area contributed by atoms with Crippen LogP contribution in [-0.2, 0) is 9.30 Å². The molecule has 35 heavy (non-hydrogen) atoms. The van der Waals surface area contributed by atoms with E-state index in [1.54, 1.807) is 75.5 Å². The number of ether oxygens (including phenoxy) is 2. The summed E-state index contributed by atoms with van der Waals surface area (Å²) in [5.41, 5.74) is 0.231. The maximum absolute atomic E-state index is 13.4. The molecule has 194 valence electrons. The fourth-order valence-corrected chi connectivity index (χ4v) is 7.41. The van der Waals surface area contributed by atoms with Crippen molar-refractivity contribution in [1.82, 2.24) is 14.3 Å². The van der Waals surface area contributed by atoms with E-state index in [9.17, 15) is 9.36 Å². The summed E-state index contributed by atoms with van der Waals surface area (Å²) in [4.78, 5) is 15.6. The molecular weight excluding hydrogens is 525 g/mol. The van der Waals surface area contributed by atoms with Crippen LogP contribution in [0.5, 0.6) is 5.75 Å². The first-order valence-electron chi connectivity index (χ1n) is 11.3. The van der Waals surface area contributed by atoms with Crippen molar-refractivity contribution < 1.29 is 18.8 Å². The molecule has 1 unspecified atom stereocenters. The van der Waals surface area contributed by atoms with E-state index in [1.165, 1.54) is 6.92 Å². The van der Waals surface area contributed by atoms with Gasteiger partial charge in [0.25, 0.3) is 0 Å². The third-order valence-electron chi connectivity index (χ3n) is 5.56. The average molecular weight is 560 g/mol. The minimum Gasteiger partial charge on any atom is -0.491 e. The molecule has 0 aliphatic rings. The molecule has 0 saturated heterocycles. The van der Waals surface area contributed by atoms with Gasteiger partial charge in [0.1, 0.15) is 17.4 Å². The Kier molecular flexibility index (Phi) is 12.6. The average Bonchev–Trinajstić information content (AvgIpc) is 2.84. The second-order valence-electron chi connectivity index (χ2n) is 8.55. The zero-order valence-electron chi connectivity index (χ0n) is 21.0. The number of benzene rings is 1. The van der Waals surface area contributed by atoms with E-state index < -0.39 is 12.3 Å². The Balaban J connectivity index is 1.69. The molecule has 1 aromatic heterocycles. The summed E-state index contributed by atoms with van der Waals surface area (Å²) in [5.74, 6) is 1.49. The molecule has 0 fully saturated rings. The van der Waals surface area contributed by atoms with Gasteiger partial charge in [-0.3, -0.25) is 9.36 Å². The molecule has 0 aliphatic carbocycles. The van der Waals surface area contributed by atoms with Crippen LogP contribution in [0, 0.1) is 0 Å². The third kappa shape index (κ3) is 10.1. The van der Waals surface area contributed by atoms with Gasteiger partial charge in [0, 0.05) is 36.2 Å². The molecule has 0 N–H and O–H groups in total. The minimum absolute atomic E-state index is 0.0265. The summed E-state index contributed by atoms with van der Waals surface area (Å²) in [5, 5.41) is 0.948. The van der Waals surface area contributed by atoms with Crippen LogP contribution in [0.1, 0.15) is 37.6 Å². The first-order valence-corrected chi connectivity index (χ1v) is 16.2. The van der Waals surface area contributed by atoms with Gasteiger partial charge < -0.3 is 9.47 Å². The lowest BCUT2D eigenvalue weighted by Crippen LogP contribution is -2.42. The minimum atomic E-state index is -3.22. The second-order valence-corrected chi connectivity index (χ2v) is 14.5. The molecule has 0 amide bonds. The van der Waals surface area contributed by atoms with Crippen molar-refractivity contribution in [3.05, 3.63) is 54.2 Å². The number of nitrogens with zero attached hydrogens (tertiary/aromatic N) is 3. The van der Waals surface area contributed by atoms with E-state index in [2.05, 4.69) is 4.98 Å². The standard InChI is InChI=1S/C24H35ClN3O4PS2/c1-20(29)21-9-11-22(12-10-21)32-18-17-31-16-13-24(2,3)28(5)33(25,30)27(4)15-19-34-35-23-8-6-7-14-26-23/h6-12,14H,13,15-19H2,1-5H3. The molecule has 0 spiro atoms. The number of hydrogen-bond donors (Lipinski definition) is 0. The maximum Gasteiger partial charge on any atom is 0.304 e. The highest BCUT2D eigenvalue weighted by Gasteiger charge is 2.39. The van der Waals surface area contributed by atoms with Crippen molar-refractivity contribution in [3.63, 3.8) is 0 Å². The molecule has 0 radical (unpaired) electrons. The summed E-state index contributed by atoms with van der Waals surface area (Å²) in [7, 11) is 6.85.